The molecule has 0 spiro atoms. The Hall–Kier alpha value is -0.300. The monoisotopic (exact) mass is 428 g/mol. The molecule has 1 nitrogen and oxygen atoms in total. The van der Waals surface area contributed by atoms with E-state index in [-0.39, 0.29) is 11.5 Å². The van der Waals surface area contributed by atoms with Gasteiger partial charge >= 0.3 is 0 Å². The zero-order chi connectivity index (χ0) is 22.6. The molecule has 0 heterocycles. The number of aliphatic hydroxyl groups excluding tert-OH is 1. The molecule has 178 valence electrons. The van der Waals surface area contributed by atoms with Gasteiger partial charge in [-0.15, -0.1) is 0 Å². The van der Waals surface area contributed by atoms with Gasteiger partial charge in [0.25, 0.3) is 0 Å². The molecule has 0 aliphatic heterocycles. The van der Waals surface area contributed by atoms with Crippen molar-refractivity contribution in [2.45, 2.75) is 132 Å². The molecule has 4 rings (SSSR count). The van der Waals surface area contributed by atoms with Gasteiger partial charge in [-0.05, 0) is 104 Å². The summed E-state index contributed by atoms with van der Waals surface area (Å²) in [6.07, 6.45) is 15.8. The Labute approximate surface area is 193 Å². The van der Waals surface area contributed by atoms with Gasteiger partial charge < -0.3 is 5.11 Å². The highest BCUT2D eigenvalue weighted by molar-refractivity contribution is 5.35. The second-order valence-corrected chi connectivity index (χ2v) is 13.5. The van der Waals surface area contributed by atoms with Gasteiger partial charge in [0.1, 0.15) is 0 Å². The van der Waals surface area contributed by atoms with Crippen molar-refractivity contribution in [1.29, 1.82) is 0 Å². The van der Waals surface area contributed by atoms with Crippen molar-refractivity contribution in [3.05, 3.63) is 11.1 Å². The number of hydrogen-bond acceptors (Lipinski definition) is 1. The summed E-state index contributed by atoms with van der Waals surface area (Å²) < 4.78 is 0. The van der Waals surface area contributed by atoms with Gasteiger partial charge in [0.2, 0.25) is 0 Å². The molecule has 0 aromatic carbocycles. The maximum Gasteiger partial charge on any atom is 0.0597 e. The minimum absolute atomic E-state index is 0.103. The second-order valence-electron chi connectivity index (χ2n) is 13.5. The molecule has 0 amide bonds. The molecular formula is C30H52O. The third-order valence-corrected chi connectivity index (χ3v) is 11.7. The molecule has 0 radical (unpaired) electrons. The molecule has 2 unspecified atom stereocenters. The van der Waals surface area contributed by atoms with Crippen LogP contribution in [0.15, 0.2) is 11.1 Å². The van der Waals surface area contributed by atoms with Gasteiger partial charge in [0.05, 0.1) is 6.10 Å². The van der Waals surface area contributed by atoms with E-state index in [2.05, 4.69) is 48.5 Å². The molecule has 2 fully saturated rings. The van der Waals surface area contributed by atoms with Crippen LogP contribution in [0.2, 0.25) is 0 Å². The number of fused-ring (bicyclic) bond motifs is 4. The van der Waals surface area contributed by atoms with Crippen molar-refractivity contribution in [3.8, 4) is 0 Å². The highest BCUT2D eigenvalue weighted by Crippen LogP contribution is 2.68. The molecule has 0 aromatic heterocycles. The summed E-state index contributed by atoms with van der Waals surface area (Å²) in [6, 6.07) is 0. The first-order chi connectivity index (χ1) is 14.6. The molecule has 4 aliphatic rings. The van der Waals surface area contributed by atoms with Crippen LogP contribution in [0.25, 0.3) is 0 Å². The normalized spacial score (nSPS) is 46.0. The first-order valence-electron chi connectivity index (χ1n) is 14.0. The zero-order valence-corrected chi connectivity index (χ0v) is 21.9. The van der Waals surface area contributed by atoms with E-state index < -0.39 is 0 Å². The zero-order valence-electron chi connectivity index (χ0n) is 21.9. The first kappa shape index (κ1) is 23.8. The fourth-order valence-corrected chi connectivity index (χ4v) is 9.61. The lowest BCUT2D eigenvalue weighted by Crippen LogP contribution is -2.54. The topological polar surface area (TPSA) is 20.2 Å². The van der Waals surface area contributed by atoms with E-state index >= 15 is 0 Å². The Kier molecular flexibility index (Phi) is 6.53. The van der Waals surface area contributed by atoms with Gasteiger partial charge in [0.15, 0.2) is 0 Å². The molecule has 2 saturated carbocycles. The second kappa shape index (κ2) is 8.48. The van der Waals surface area contributed by atoms with E-state index in [0.717, 1.165) is 36.5 Å². The predicted octanol–water partition coefficient (Wildman–Crippen LogP) is 8.56. The summed E-state index contributed by atoms with van der Waals surface area (Å²) in [7, 11) is 0. The molecule has 0 bridgehead atoms. The average molecular weight is 429 g/mol. The lowest BCUT2D eigenvalue weighted by atomic mass is 9.45. The minimum atomic E-state index is -0.103. The molecule has 8 atom stereocenters. The predicted molar refractivity (Wildman–Crippen MR) is 133 cm³/mol. The fourth-order valence-electron chi connectivity index (χ4n) is 9.61. The lowest BCUT2D eigenvalue weighted by Gasteiger charge is -2.60. The van der Waals surface area contributed by atoms with E-state index in [1.807, 2.05) is 11.1 Å². The van der Waals surface area contributed by atoms with E-state index in [9.17, 15) is 5.11 Å². The van der Waals surface area contributed by atoms with Crippen LogP contribution in [0.3, 0.4) is 0 Å². The Balaban J connectivity index is 1.58. The molecule has 1 heteroatoms. The summed E-state index contributed by atoms with van der Waals surface area (Å²) >= 11 is 0. The smallest absolute Gasteiger partial charge is 0.0597 e. The van der Waals surface area contributed by atoms with Gasteiger partial charge in [-0.3, -0.25) is 0 Å². The third kappa shape index (κ3) is 3.68. The molecular weight excluding hydrogens is 376 g/mol. The van der Waals surface area contributed by atoms with E-state index in [0.29, 0.717) is 16.7 Å². The van der Waals surface area contributed by atoms with Gasteiger partial charge in [-0.1, -0.05) is 78.9 Å². The van der Waals surface area contributed by atoms with Crippen molar-refractivity contribution >= 4 is 0 Å². The largest absolute Gasteiger partial charge is 0.393 e. The molecule has 31 heavy (non-hydrogen) atoms. The van der Waals surface area contributed by atoms with Gasteiger partial charge in [0, 0.05) is 0 Å². The van der Waals surface area contributed by atoms with Crippen LogP contribution in [-0.4, -0.2) is 11.2 Å². The van der Waals surface area contributed by atoms with Crippen LogP contribution in [0.5, 0.6) is 0 Å². The first-order valence-corrected chi connectivity index (χ1v) is 14.0. The van der Waals surface area contributed by atoms with Crippen LogP contribution < -0.4 is 0 Å². The van der Waals surface area contributed by atoms with Crippen LogP contribution in [0, 0.1) is 45.8 Å². The summed E-state index contributed by atoms with van der Waals surface area (Å²) in [6.45, 7) is 17.3. The van der Waals surface area contributed by atoms with Gasteiger partial charge in [-0.25, -0.2) is 0 Å². The van der Waals surface area contributed by atoms with E-state index in [1.54, 1.807) is 0 Å². The minimum Gasteiger partial charge on any atom is -0.393 e. The van der Waals surface area contributed by atoms with Crippen LogP contribution in [-0.2, 0) is 0 Å². The maximum absolute atomic E-state index is 11.0. The summed E-state index contributed by atoms with van der Waals surface area (Å²) in [5, 5.41) is 11.0. The molecule has 0 aromatic rings. The number of hydrogen-bond donors (Lipinski definition) is 1. The average Bonchev–Trinajstić information content (AvgIpc) is 3.08. The van der Waals surface area contributed by atoms with Crippen LogP contribution in [0.1, 0.15) is 126 Å². The maximum atomic E-state index is 11.0. The highest BCUT2D eigenvalue weighted by Gasteiger charge is 2.59. The van der Waals surface area contributed by atoms with Crippen LogP contribution >= 0.6 is 0 Å². The van der Waals surface area contributed by atoms with Crippen molar-refractivity contribution < 1.29 is 5.11 Å². The molecule has 0 saturated heterocycles. The quantitative estimate of drug-likeness (QED) is 0.420. The highest BCUT2D eigenvalue weighted by atomic mass is 16.3. The number of rotatable bonds is 6. The van der Waals surface area contributed by atoms with E-state index in [1.165, 1.54) is 64.2 Å². The Bertz CT molecular complexity index is 691. The third-order valence-electron chi connectivity index (χ3n) is 11.7. The van der Waals surface area contributed by atoms with Crippen molar-refractivity contribution in [1.82, 2.24) is 0 Å². The van der Waals surface area contributed by atoms with Crippen molar-refractivity contribution in [2.24, 2.45) is 45.8 Å². The van der Waals surface area contributed by atoms with Crippen LogP contribution in [0.4, 0.5) is 0 Å². The Morgan fingerprint density at radius 2 is 1.68 bits per heavy atom. The Morgan fingerprint density at radius 1 is 0.935 bits per heavy atom. The van der Waals surface area contributed by atoms with Gasteiger partial charge in [-0.2, -0.15) is 0 Å². The van der Waals surface area contributed by atoms with Crippen molar-refractivity contribution in [3.63, 3.8) is 0 Å². The molecule has 1 N–H and O–H groups in total. The fraction of sp³-hybridized carbons (Fsp3) is 0.933. The molecule has 4 aliphatic carbocycles. The van der Waals surface area contributed by atoms with E-state index in [4.69, 9.17) is 0 Å². The SMILES string of the molecule is CC[C@@]1(C)C(O)CC[C@]2(C)C3=C(CCC12)[C@@H]1CC[C@H]([C@H](C)CCCC(C)C)[C@@]1(C)CC3. The Morgan fingerprint density at radius 3 is 2.35 bits per heavy atom. The standard InChI is InChI=1S/C30H52O/c1-8-28(5)26-15-12-22-24-14-13-23(21(4)11-9-10-20(2)3)29(24,6)18-16-25(22)30(26,7)19-17-27(28)31/h20-21,23-24,26-27,31H,8-19H2,1-7H3/t21-,23-,24+,26?,27?,28-,29-,30-/m1/s1. The number of aliphatic hydroxyl groups is 1. The lowest BCUT2D eigenvalue weighted by molar-refractivity contribution is -0.105. The number of allylic oxidation sites excluding steroid dienone is 2. The summed E-state index contributed by atoms with van der Waals surface area (Å²) in [5.74, 6) is 4.19. The summed E-state index contributed by atoms with van der Waals surface area (Å²) in [5.41, 5.74) is 4.79. The summed E-state index contributed by atoms with van der Waals surface area (Å²) in [4.78, 5) is 0. The van der Waals surface area contributed by atoms with Crippen molar-refractivity contribution in [2.75, 3.05) is 0 Å².